The molecule has 49 heavy (non-hydrogen) atoms. The quantitative estimate of drug-likeness (QED) is 0.175. The van der Waals surface area contributed by atoms with Gasteiger partial charge >= 0.3 is 0 Å². The summed E-state index contributed by atoms with van der Waals surface area (Å²) in [6.45, 7) is 0. The van der Waals surface area contributed by atoms with E-state index in [0.29, 0.717) is 0 Å². The highest BCUT2D eigenvalue weighted by Crippen LogP contribution is 2.46. The van der Waals surface area contributed by atoms with Gasteiger partial charge in [0.15, 0.2) is 0 Å². The first-order chi connectivity index (χ1) is 24.3. The Labute approximate surface area is 286 Å². The van der Waals surface area contributed by atoms with Crippen molar-refractivity contribution in [3.63, 3.8) is 0 Å². The average molecular weight is 631 g/mol. The number of para-hydroxylation sites is 3. The minimum absolute atomic E-state index is 0.185. The number of fused-ring (bicyclic) bond motifs is 5. The molecule has 9 rings (SSSR count). The predicted molar refractivity (Wildman–Crippen MR) is 207 cm³/mol. The predicted octanol–water partition coefficient (Wildman–Crippen LogP) is 12.9. The van der Waals surface area contributed by atoms with Crippen LogP contribution in [0.25, 0.3) is 43.8 Å². The first kappa shape index (κ1) is 28.9. The Morgan fingerprint density at radius 2 is 1.14 bits per heavy atom. The van der Waals surface area contributed by atoms with E-state index < -0.39 is 0 Å². The van der Waals surface area contributed by atoms with Crippen molar-refractivity contribution in [3.05, 3.63) is 188 Å². The minimum Gasteiger partial charge on any atom is -0.455 e. The molecular formula is C46H34N2O. The lowest BCUT2D eigenvalue weighted by atomic mass is 9.96. The maximum atomic E-state index is 6.78. The lowest BCUT2D eigenvalue weighted by molar-refractivity contribution is 0.672. The van der Waals surface area contributed by atoms with Gasteiger partial charge in [-0.1, -0.05) is 127 Å². The van der Waals surface area contributed by atoms with Gasteiger partial charge < -0.3 is 14.2 Å². The van der Waals surface area contributed by atoms with Gasteiger partial charge in [0, 0.05) is 44.3 Å². The Kier molecular flexibility index (Phi) is 7.29. The van der Waals surface area contributed by atoms with Gasteiger partial charge in [0.25, 0.3) is 0 Å². The zero-order valence-corrected chi connectivity index (χ0v) is 27.0. The number of anilines is 5. The summed E-state index contributed by atoms with van der Waals surface area (Å²) >= 11 is 0. The van der Waals surface area contributed by atoms with Gasteiger partial charge in [-0.2, -0.15) is 0 Å². The summed E-state index contributed by atoms with van der Waals surface area (Å²) in [5.74, 6) is 0. The molecular weight excluding hydrogens is 597 g/mol. The lowest BCUT2D eigenvalue weighted by Gasteiger charge is -2.33. The Morgan fingerprint density at radius 1 is 0.510 bits per heavy atom. The fourth-order valence-electron chi connectivity index (χ4n) is 7.34. The average Bonchev–Trinajstić information content (AvgIpc) is 3.56. The molecule has 1 heterocycles. The molecule has 3 nitrogen and oxygen atoms in total. The molecule has 1 aliphatic carbocycles. The molecule has 0 aliphatic heterocycles. The van der Waals surface area contributed by atoms with Crippen molar-refractivity contribution in [2.45, 2.75) is 12.5 Å². The summed E-state index contributed by atoms with van der Waals surface area (Å²) in [7, 11) is 0. The van der Waals surface area contributed by atoms with Crippen molar-refractivity contribution in [1.82, 2.24) is 0 Å². The normalized spacial score (nSPS) is 14.1. The van der Waals surface area contributed by atoms with Crippen molar-refractivity contribution in [2.24, 2.45) is 0 Å². The molecule has 0 saturated heterocycles. The van der Waals surface area contributed by atoms with Gasteiger partial charge in [0.05, 0.1) is 11.7 Å². The van der Waals surface area contributed by atoms with Crippen LogP contribution in [0.4, 0.5) is 28.4 Å². The molecule has 7 aromatic carbocycles. The molecule has 3 heteroatoms. The first-order valence-corrected chi connectivity index (χ1v) is 16.9. The Bertz CT molecular complexity index is 2440. The molecule has 1 aliphatic rings. The Morgan fingerprint density at radius 3 is 1.84 bits per heavy atom. The van der Waals surface area contributed by atoms with E-state index in [9.17, 15) is 0 Å². The summed E-state index contributed by atoms with van der Waals surface area (Å²) in [5.41, 5.74) is 9.74. The van der Waals surface area contributed by atoms with E-state index in [1.165, 1.54) is 16.8 Å². The van der Waals surface area contributed by atoms with Crippen LogP contribution in [0, 0.1) is 0 Å². The van der Waals surface area contributed by atoms with Gasteiger partial charge in [-0.25, -0.2) is 0 Å². The van der Waals surface area contributed by atoms with Crippen molar-refractivity contribution in [3.8, 4) is 11.1 Å². The molecule has 0 amide bonds. The third-order valence-corrected chi connectivity index (χ3v) is 9.51. The standard InChI is InChI=1S/C46H34N2O/c1-5-18-34(19-6-1)47(35-20-7-2-8-21-35)38-26-15-17-33(31-38)39-29-16-30-44-45(39)42-32-43(40-27-13-14-28-41(40)46(42)49-44)48(36-22-9-3-10-23-36)37-24-11-4-12-25-37/h1-24,26-32,37H,25H2. The van der Waals surface area contributed by atoms with Gasteiger partial charge in [0.1, 0.15) is 11.2 Å². The molecule has 1 unspecified atom stereocenters. The number of rotatable bonds is 7. The third kappa shape index (κ3) is 5.17. The molecule has 0 saturated carbocycles. The van der Waals surface area contributed by atoms with Crippen LogP contribution in [0.15, 0.2) is 193 Å². The second-order valence-corrected chi connectivity index (χ2v) is 12.5. The largest absolute Gasteiger partial charge is 0.455 e. The molecule has 0 radical (unpaired) electrons. The highest BCUT2D eigenvalue weighted by Gasteiger charge is 2.24. The first-order valence-electron chi connectivity index (χ1n) is 16.9. The van der Waals surface area contributed by atoms with Crippen LogP contribution in [0.2, 0.25) is 0 Å². The van der Waals surface area contributed by atoms with Crippen LogP contribution >= 0.6 is 0 Å². The van der Waals surface area contributed by atoms with Crippen LogP contribution in [-0.2, 0) is 0 Å². The highest BCUT2D eigenvalue weighted by atomic mass is 16.3. The maximum absolute atomic E-state index is 6.78. The molecule has 0 N–H and O–H groups in total. The van der Waals surface area contributed by atoms with Crippen molar-refractivity contribution < 1.29 is 4.42 Å². The highest BCUT2D eigenvalue weighted by molar-refractivity contribution is 6.22. The number of hydrogen-bond acceptors (Lipinski definition) is 3. The van der Waals surface area contributed by atoms with E-state index >= 15 is 0 Å². The maximum Gasteiger partial charge on any atom is 0.143 e. The number of benzene rings is 7. The van der Waals surface area contributed by atoms with Crippen molar-refractivity contribution >= 4 is 61.1 Å². The molecule has 1 atom stereocenters. The minimum atomic E-state index is 0.185. The number of nitrogens with zero attached hydrogens (tertiary/aromatic N) is 2. The third-order valence-electron chi connectivity index (χ3n) is 9.51. The monoisotopic (exact) mass is 630 g/mol. The van der Waals surface area contributed by atoms with Gasteiger partial charge in [-0.15, -0.1) is 0 Å². The molecule has 0 fully saturated rings. The SMILES string of the molecule is C1=CCC(N(c2ccccc2)c2cc3c(oc4cccc(-c5cccc(N(c6ccccc6)c6ccccc6)c5)c43)c3ccccc23)C=C1. The molecule has 234 valence electrons. The summed E-state index contributed by atoms with van der Waals surface area (Å²) < 4.78 is 6.78. The van der Waals surface area contributed by atoms with Gasteiger partial charge in [-0.05, 0) is 78.2 Å². The van der Waals surface area contributed by atoms with Gasteiger partial charge in [0.2, 0.25) is 0 Å². The Hall–Kier alpha value is -6.32. The second kappa shape index (κ2) is 12.4. The number of furan rings is 1. The van der Waals surface area contributed by atoms with Crippen molar-refractivity contribution in [1.29, 1.82) is 0 Å². The van der Waals surface area contributed by atoms with Crippen molar-refractivity contribution in [2.75, 3.05) is 9.80 Å². The lowest BCUT2D eigenvalue weighted by Crippen LogP contribution is -2.29. The molecule has 0 bridgehead atoms. The van der Waals surface area contributed by atoms with E-state index in [1.807, 2.05) is 0 Å². The summed E-state index contributed by atoms with van der Waals surface area (Å²) in [6.07, 6.45) is 9.80. The topological polar surface area (TPSA) is 19.6 Å². The fourth-order valence-corrected chi connectivity index (χ4v) is 7.34. The van der Waals surface area contributed by atoms with Crippen LogP contribution in [0.5, 0.6) is 0 Å². The van der Waals surface area contributed by atoms with Crippen LogP contribution in [0.1, 0.15) is 6.42 Å². The van der Waals surface area contributed by atoms with E-state index in [1.54, 1.807) is 0 Å². The van der Waals surface area contributed by atoms with Gasteiger partial charge in [-0.3, -0.25) is 0 Å². The Balaban J connectivity index is 1.27. The van der Waals surface area contributed by atoms with Crippen LogP contribution in [-0.4, -0.2) is 6.04 Å². The van der Waals surface area contributed by atoms with E-state index in [2.05, 4.69) is 198 Å². The number of hydrogen-bond donors (Lipinski definition) is 0. The summed E-state index contributed by atoms with van der Waals surface area (Å²) in [5, 5.41) is 4.52. The zero-order valence-electron chi connectivity index (χ0n) is 27.0. The van der Waals surface area contributed by atoms with Crippen LogP contribution < -0.4 is 9.80 Å². The molecule has 0 spiro atoms. The number of allylic oxidation sites excluding steroid dienone is 2. The summed E-state index contributed by atoms with van der Waals surface area (Å²) in [6, 6.07) is 58.4. The van der Waals surface area contributed by atoms with E-state index in [4.69, 9.17) is 4.42 Å². The molecule has 1 aromatic heterocycles. The fraction of sp³-hybridized carbons (Fsp3) is 0.0435. The second-order valence-electron chi connectivity index (χ2n) is 12.5. The van der Waals surface area contributed by atoms with E-state index in [-0.39, 0.29) is 6.04 Å². The molecule has 8 aromatic rings. The smallest absolute Gasteiger partial charge is 0.143 e. The summed E-state index contributed by atoms with van der Waals surface area (Å²) in [4.78, 5) is 4.80. The van der Waals surface area contributed by atoms with Crippen LogP contribution in [0.3, 0.4) is 0 Å². The van der Waals surface area contributed by atoms with E-state index in [0.717, 1.165) is 61.9 Å². The zero-order chi connectivity index (χ0) is 32.6.